The lowest BCUT2D eigenvalue weighted by molar-refractivity contribution is 0.670. The summed E-state index contributed by atoms with van der Waals surface area (Å²) in [6.07, 6.45) is 10.4. The summed E-state index contributed by atoms with van der Waals surface area (Å²) < 4.78 is 0. The van der Waals surface area contributed by atoms with Crippen LogP contribution in [0.3, 0.4) is 0 Å². The van der Waals surface area contributed by atoms with Gasteiger partial charge in [0.2, 0.25) is 0 Å². The lowest BCUT2D eigenvalue weighted by Crippen LogP contribution is -1.80. The minimum atomic E-state index is 1.11. The van der Waals surface area contributed by atoms with Crippen LogP contribution in [0.15, 0.2) is 24.5 Å². The van der Waals surface area contributed by atoms with Crippen LogP contribution in [0, 0.1) is 0 Å². The van der Waals surface area contributed by atoms with Gasteiger partial charge in [-0.05, 0) is 25.0 Å². The van der Waals surface area contributed by atoms with Crippen molar-refractivity contribution in [3.05, 3.63) is 29.4 Å². The molecule has 2 heterocycles. The zero-order valence-corrected chi connectivity index (χ0v) is 10.5. The van der Waals surface area contributed by atoms with Gasteiger partial charge in [0.15, 0.2) is 0 Å². The van der Waals surface area contributed by atoms with Crippen molar-refractivity contribution in [1.29, 1.82) is 0 Å². The minimum absolute atomic E-state index is 1.11. The average molecular weight is 234 g/mol. The van der Waals surface area contributed by atoms with E-state index >= 15 is 0 Å². The van der Waals surface area contributed by atoms with Gasteiger partial charge in [-0.2, -0.15) is 0 Å². The third-order valence-corrected chi connectivity index (χ3v) is 3.75. The highest BCUT2D eigenvalue weighted by atomic mass is 32.1. The fraction of sp³-hybridized carbons (Fsp3) is 0.462. The highest BCUT2D eigenvalue weighted by Crippen LogP contribution is 2.24. The Morgan fingerprint density at radius 3 is 3.00 bits per heavy atom. The van der Waals surface area contributed by atoms with Crippen LogP contribution < -0.4 is 0 Å². The standard InChI is InChI=1S/C13H18N2S/c1-2-3-4-5-7-11-10-15-13(16-11)12-8-6-9-14-12/h6,8-10,14H,2-5,7H2,1H3. The molecule has 0 aliphatic carbocycles. The molecule has 2 aromatic rings. The molecule has 0 atom stereocenters. The van der Waals surface area contributed by atoms with Crippen LogP contribution in [0.25, 0.3) is 10.7 Å². The lowest BCUT2D eigenvalue weighted by atomic mass is 10.1. The van der Waals surface area contributed by atoms with Crippen molar-refractivity contribution in [1.82, 2.24) is 9.97 Å². The summed E-state index contributed by atoms with van der Waals surface area (Å²) >= 11 is 1.81. The van der Waals surface area contributed by atoms with E-state index in [0.29, 0.717) is 0 Å². The maximum atomic E-state index is 4.44. The Morgan fingerprint density at radius 1 is 1.31 bits per heavy atom. The summed E-state index contributed by atoms with van der Waals surface area (Å²) in [5.74, 6) is 0. The van der Waals surface area contributed by atoms with Crippen molar-refractivity contribution in [3.63, 3.8) is 0 Å². The highest BCUT2D eigenvalue weighted by Gasteiger charge is 2.04. The van der Waals surface area contributed by atoms with E-state index < -0.39 is 0 Å². The largest absolute Gasteiger partial charge is 0.359 e. The zero-order valence-electron chi connectivity index (χ0n) is 9.70. The Hall–Kier alpha value is -1.09. The number of unbranched alkanes of at least 4 members (excludes halogenated alkanes) is 3. The first-order chi connectivity index (χ1) is 7.90. The van der Waals surface area contributed by atoms with E-state index in [0.717, 1.165) is 10.7 Å². The second kappa shape index (κ2) is 5.85. The molecule has 2 rings (SSSR count). The van der Waals surface area contributed by atoms with Gasteiger partial charge in [-0.1, -0.05) is 26.2 Å². The maximum Gasteiger partial charge on any atom is 0.139 e. The van der Waals surface area contributed by atoms with E-state index in [2.05, 4.69) is 23.0 Å². The summed E-state index contributed by atoms with van der Waals surface area (Å²) in [6, 6.07) is 4.08. The number of H-pyrrole nitrogens is 1. The molecule has 0 aliphatic rings. The van der Waals surface area contributed by atoms with E-state index in [1.807, 2.05) is 18.5 Å². The van der Waals surface area contributed by atoms with E-state index in [-0.39, 0.29) is 0 Å². The quantitative estimate of drug-likeness (QED) is 0.743. The summed E-state index contributed by atoms with van der Waals surface area (Å²) in [6.45, 7) is 2.25. The van der Waals surface area contributed by atoms with Crippen LogP contribution in [0.5, 0.6) is 0 Å². The van der Waals surface area contributed by atoms with Crippen LogP contribution >= 0.6 is 11.3 Å². The number of aryl methyl sites for hydroxylation is 1. The van der Waals surface area contributed by atoms with Crippen molar-refractivity contribution in [3.8, 4) is 10.7 Å². The van der Waals surface area contributed by atoms with Crippen molar-refractivity contribution < 1.29 is 0 Å². The first-order valence-electron chi connectivity index (χ1n) is 5.98. The number of hydrogen-bond donors (Lipinski definition) is 1. The van der Waals surface area contributed by atoms with Gasteiger partial charge < -0.3 is 4.98 Å². The third-order valence-electron chi connectivity index (χ3n) is 2.66. The van der Waals surface area contributed by atoms with E-state index in [1.165, 1.54) is 37.0 Å². The van der Waals surface area contributed by atoms with Crippen LogP contribution in [0.1, 0.15) is 37.5 Å². The molecule has 0 aliphatic heterocycles. The number of aromatic amines is 1. The number of hydrogen-bond acceptors (Lipinski definition) is 2. The normalized spacial score (nSPS) is 10.8. The second-order valence-corrected chi connectivity index (χ2v) is 5.14. The van der Waals surface area contributed by atoms with E-state index in [4.69, 9.17) is 0 Å². The predicted octanol–water partition coefficient (Wildman–Crippen LogP) is 4.26. The van der Waals surface area contributed by atoms with E-state index in [1.54, 1.807) is 11.3 Å². The minimum Gasteiger partial charge on any atom is -0.359 e. The lowest BCUT2D eigenvalue weighted by Gasteiger charge is -1.95. The van der Waals surface area contributed by atoms with Gasteiger partial charge in [0.25, 0.3) is 0 Å². The van der Waals surface area contributed by atoms with Crippen LogP contribution in [-0.4, -0.2) is 9.97 Å². The van der Waals surface area contributed by atoms with Gasteiger partial charge in [-0.15, -0.1) is 11.3 Å². The molecule has 0 fully saturated rings. The molecule has 0 amide bonds. The summed E-state index contributed by atoms with van der Waals surface area (Å²) in [4.78, 5) is 9.04. The van der Waals surface area contributed by atoms with E-state index in [9.17, 15) is 0 Å². The molecule has 3 heteroatoms. The van der Waals surface area contributed by atoms with Crippen LogP contribution in [0.4, 0.5) is 0 Å². The summed E-state index contributed by atoms with van der Waals surface area (Å²) in [5, 5.41) is 1.11. The van der Waals surface area contributed by atoms with Gasteiger partial charge in [-0.25, -0.2) is 4.98 Å². The maximum absolute atomic E-state index is 4.44. The molecule has 0 saturated carbocycles. The number of rotatable bonds is 6. The molecule has 0 saturated heterocycles. The second-order valence-electron chi connectivity index (χ2n) is 4.03. The number of nitrogens with one attached hydrogen (secondary N) is 1. The Kier molecular flexibility index (Phi) is 4.17. The van der Waals surface area contributed by atoms with Gasteiger partial charge in [-0.3, -0.25) is 0 Å². The molecule has 0 unspecified atom stereocenters. The Bertz CT molecular complexity index is 403. The molecule has 86 valence electrons. The van der Waals surface area contributed by atoms with Crippen molar-refractivity contribution in [2.45, 2.75) is 39.0 Å². The van der Waals surface area contributed by atoms with Crippen molar-refractivity contribution in [2.75, 3.05) is 0 Å². The van der Waals surface area contributed by atoms with Gasteiger partial charge in [0, 0.05) is 17.3 Å². The number of aromatic nitrogens is 2. The SMILES string of the molecule is CCCCCCc1cnc(-c2ccc[nH]2)s1. The van der Waals surface area contributed by atoms with Gasteiger partial charge in [0.05, 0.1) is 5.69 Å². The smallest absolute Gasteiger partial charge is 0.139 e. The molecule has 2 aromatic heterocycles. The van der Waals surface area contributed by atoms with Crippen molar-refractivity contribution in [2.24, 2.45) is 0 Å². The fourth-order valence-corrected chi connectivity index (χ4v) is 2.68. The van der Waals surface area contributed by atoms with Gasteiger partial charge >= 0.3 is 0 Å². The summed E-state index contributed by atoms with van der Waals surface area (Å²) in [5.41, 5.74) is 1.13. The molecule has 16 heavy (non-hydrogen) atoms. The predicted molar refractivity (Wildman–Crippen MR) is 69.7 cm³/mol. The first-order valence-corrected chi connectivity index (χ1v) is 6.80. The Balaban J connectivity index is 1.88. The molecular weight excluding hydrogens is 216 g/mol. The van der Waals surface area contributed by atoms with Crippen LogP contribution in [0.2, 0.25) is 0 Å². The number of thiazole rings is 1. The molecule has 2 nitrogen and oxygen atoms in total. The van der Waals surface area contributed by atoms with Crippen LogP contribution in [-0.2, 0) is 6.42 Å². The molecule has 0 radical (unpaired) electrons. The monoisotopic (exact) mass is 234 g/mol. The van der Waals surface area contributed by atoms with Crippen molar-refractivity contribution >= 4 is 11.3 Å². The number of nitrogens with zero attached hydrogens (tertiary/aromatic N) is 1. The Morgan fingerprint density at radius 2 is 2.25 bits per heavy atom. The molecule has 1 N–H and O–H groups in total. The zero-order chi connectivity index (χ0) is 11.2. The molecule has 0 bridgehead atoms. The van der Waals surface area contributed by atoms with Gasteiger partial charge in [0.1, 0.15) is 5.01 Å². The molecular formula is C13H18N2S. The third kappa shape index (κ3) is 2.95. The average Bonchev–Trinajstić information content (AvgIpc) is 2.94. The Labute approximate surface area is 101 Å². The molecule has 0 spiro atoms. The topological polar surface area (TPSA) is 28.7 Å². The highest BCUT2D eigenvalue weighted by molar-refractivity contribution is 7.15. The fourth-order valence-electron chi connectivity index (χ4n) is 1.74. The first kappa shape index (κ1) is 11.4. The molecule has 0 aromatic carbocycles. The summed E-state index contributed by atoms with van der Waals surface area (Å²) in [7, 11) is 0.